The molecule has 0 bridgehead atoms. The summed E-state index contributed by atoms with van der Waals surface area (Å²) in [7, 11) is 0. The summed E-state index contributed by atoms with van der Waals surface area (Å²) in [4.78, 5) is 18.1. The lowest BCUT2D eigenvalue weighted by Crippen LogP contribution is -2.12. The van der Waals surface area contributed by atoms with Crippen LogP contribution < -0.4 is 5.56 Å². The van der Waals surface area contributed by atoms with Crippen LogP contribution in [-0.4, -0.2) is 16.6 Å². The van der Waals surface area contributed by atoms with Gasteiger partial charge in [-0.15, -0.1) is 0 Å². The van der Waals surface area contributed by atoms with Crippen LogP contribution in [0.25, 0.3) is 0 Å². The second kappa shape index (κ2) is 6.12. The predicted molar refractivity (Wildman–Crippen MR) is 69.4 cm³/mol. The summed E-state index contributed by atoms with van der Waals surface area (Å²) in [6, 6.07) is 11.5. The summed E-state index contributed by atoms with van der Waals surface area (Å²) < 4.78 is 5.55. The number of aryl methyl sites for hydroxylation is 1. The maximum Gasteiger partial charge on any atom is 0.251 e. The molecule has 0 unspecified atom stereocenters. The van der Waals surface area contributed by atoms with Crippen LogP contribution in [0.15, 0.2) is 41.2 Å². The number of benzene rings is 1. The Labute approximate surface area is 106 Å². The number of aromatic amines is 1. The molecule has 0 radical (unpaired) electrons. The highest BCUT2D eigenvalue weighted by Crippen LogP contribution is 2.01. The molecule has 4 nitrogen and oxygen atoms in total. The van der Waals surface area contributed by atoms with Gasteiger partial charge in [0.05, 0.1) is 18.9 Å². The molecule has 18 heavy (non-hydrogen) atoms. The van der Waals surface area contributed by atoms with E-state index in [1.165, 1.54) is 6.07 Å². The van der Waals surface area contributed by atoms with Gasteiger partial charge in [0.1, 0.15) is 5.82 Å². The van der Waals surface area contributed by atoms with Crippen molar-refractivity contribution in [2.75, 3.05) is 6.61 Å². The number of nitrogens with zero attached hydrogens (tertiary/aromatic N) is 1. The largest absolute Gasteiger partial charge is 0.376 e. The molecule has 94 valence electrons. The third kappa shape index (κ3) is 3.82. The maximum atomic E-state index is 11.2. The second-order valence-corrected chi connectivity index (χ2v) is 4.11. The number of ether oxygens (including phenoxy) is 1. The molecule has 0 aliphatic rings. The van der Waals surface area contributed by atoms with E-state index in [0.717, 1.165) is 11.3 Å². The van der Waals surface area contributed by atoms with Crippen LogP contribution in [0.2, 0.25) is 0 Å². The van der Waals surface area contributed by atoms with Gasteiger partial charge in [-0.3, -0.25) is 4.79 Å². The first-order valence-corrected chi connectivity index (χ1v) is 5.92. The molecule has 0 aliphatic carbocycles. The van der Waals surface area contributed by atoms with Gasteiger partial charge in [0.2, 0.25) is 0 Å². The van der Waals surface area contributed by atoms with Gasteiger partial charge in [-0.2, -0.15) is 0 Å². The Bertz CT molecular complexity index is 549. The first-order chi connectivity index (χ1) is 8.74. The normalized spacial score (nSPS) is 10.5. The lowest BCUT2D eigenvalue weighted by molar-refractivity contribution is 0.123. The highest BCUT2D eigenvalue weighted by Gasteiger charge is 1.99. The van der Waals surface area contributed by atoms with E-state index in [-0.39, 0.29) is 5.56 Å². The van der Waals surface area contributed by atoms with E-state index in [0.29, 0.717) is 25.5 Å². The average molecular weight is 244 g/mol. The molecule has 1 aromatic heterocycles. The van der Waals surface area contributed by atoms with Gasteiger partial charge < -0.3 is 9.72 Å². The molecule has 0 saturated heterocycles. The van der Waals surface area contributed by atoms with Gasteiger partial charge in [0, 0.05) is 12.5 Å². The topological polar surface area (TPSA) is 55.0 Å². The SMILES string of the molecule is Cc1nc(CCOCc2ccccc2)cc(=O)[nH]1. The number of rotatable bonds is 5. The van der Waals surface area contributed by atoms with E-state index < -0.39 is 0 Å². The first-order valence-electron chi connectivity index (χ1n) is 5.92. The van der Waals surface area contributed by atoms with Crippen molar-refractivity contribution in [2.24, 2.45) is 0 Å². The predicted octanol–water partition coefficient (Wildman–Crippen LogP) is 1.84. The monoisotopic (exact) mass is 244 g/mol. The molecule has 4 heteroatoms. The minimum atomic E-state index is -0.111. The quantitative estimate of drug-likeness (QED) is 0.816. The number of aromatic nitrogens is 2. The van der Waals surface area contributed by atoms with Gasteiger partial charge in [-0.1, -0.05) is 30.3 Å². The van der Waals surface area contributed by atoms with Crippen LogP contribution >= 0.6 is 0 Å². The molecular formula is C14H16N2O2. The van der Waals surface area contributed by atoms with Crippen molar-refractivity contribution in [1.82, 2.24) is 9.97 Å². The van der Waals surface area contributed by atoms with Crippen LogP contribution in [0.4, 0.5) is 0 Å². The Balaban J connectivity index is 1.80. The molecule has 2 rings (SSSR count). The third-order valence-electron chi connectivity index (χ3n) is 2.53. The second-order valence-electron chi connectivity index (χ2n) is 4.11. The lowest BCUT2D eigenvalue weighted by Gasteiger charge is -2.04. The van der Waals surface area contributed by atoms with Crippen LogP contribution in [0.3, 0.4) is 0 Å². The fraction of sp³-hybridized carbons (Fsp3) is 0.286. The fourth-order valence-electron chi connectivity index (χ4n) is 1.71. The van der Waals surface area contributed by atoms with Crippen molar-refractivity contribution in [3.8, 4) is 0 Å². The minimum Gasteiger partial charge on any atom is -0.376 e. The average Bonchev–Trinajstić information content (AvgIpc) is 2.35. The summed E-state index contributed by atoms with van der Waals surface area (Å²) in [6.07, 6.45) is 0.650. The minimum absolute atomic E-state index is 0.111. The summed E-state index contributed by atoms with van der Waals surface area (Å²) in [5.41, 5.74) is 1.80. The third-order valence-corrected chi connectivity index (χ3v) is 2.53. The van der Waals surface area contributed by atoms with Gasteiger partial charge in [-0.05, 0) is 12.5 Å². The molecule has 0 aliphatic heterocycles. The van der Waals surface area contributed by atoms with Crippen molar-refractivity contribution in [3.63, 3.8) is 0 Å². The molecule has 2 aromatic rings. The first kappa shape index (κ1) is 12.5. The molecule has 1 heterocycles. The lowest BCUT2D eigenvalue weighted by atomic mass is 10.2. The molecule has 0 saturated carbocycles. The van der Waals surface area contributed by atoms with E-state index in [9.17, 15) is 4.79 Å². The van der Waals surface area contributed by atoms with E-state index >= 15 is 0 Å². The molecule has 0 fully saturated rings. The van der Waals surface area contributed by atoms with Crippen molar-refractivity contribution in [1.29, 1.82) is 0 Å². The Morgan fingerprint density at radius 1 is 1.28 bits per heavy atom. The zero-order valence-corrected chi connectivity index (χ0v) is 10.3. The number of hydrogen-bond acceptors (Lipinski definition) is 3. The molecular weight excluding hydrogens is 228 g/mol. The van der Waals surface area contributed by atoms with Gasteiger partial charge in [0.25, 0.3) is 5.56 Å². The Kier molecular flexibility index (Phi) is 4.25. The van der Waals surface area contributed by atoms with Gasteiger partial charge in [-0.25, -0.2) is 4.98 Å². The smallest absolute Gasteiger partial charge is 0.251 e. The van der Waals surface area contributed by atoms with Crippen LogP contribution in [0.5, 0.6) is 0 Å². The molecule has 0 atom stereocenters. The summed E-state index contributed by atoms with van der Waals surface area (Å²) in [6.45, 7) is 2.92. The Morgan fingerprint density at radius 3 is 2.78 bits per heavy atom. The van der Waals surface area contributed by atoms with Crippen LogP contribution in [0.1, 0.15) is 17.1 Å². The maximum absolute atomic E-state index is 11.2. The van der Waals surface area contributed by atoms with E-state index in [1.807, 2.05) is 30.3 Å². The Morgan fingerprint density at radius 2 is 2.06 bits per heavy atom. The highest BCUT2D eigenvalue weighted by atomic mass is 16.5. The standard InChI is InChI=1S/C14H16N2O2/c1-11-15-13(9-14(17)16-11)7-8-18-10-12-5-3-2-4-6-12/h2-6,9H,7-8,10H2,1H3,(H,15,16,17). The zero-order chi connectivity index (χ0) is 12.8. The highest BCUT2D eigenvalue weighted by molar-refractivity contribution is 5.13. The number of H-pyrrole nitrogens is 1. The van der Waals surface area contributed by atoms with E-state index in [1.54, 1.807) is 6.92 Å². The van der Waals surface area contributed by atoms with Gasteiger partial charge >= 0.3 is 0 Å². The van der Waals surface area contributed by atoms with Gasteiger partial charge in [0.15, 0.2) is 0 Å². The molecule has 1 N–H and O–H groups in total. The summed E-state index contributed by atoms with van der Waals surface area (Å²) in [5, 5.41) is 0. The van der Waals surface area contributed by atoms with Crippen molar-refractivity contribution < 1.29 is 4.74 Å². The van der Waals surface area contributed by atoms with E-state index in [4.69, 9.17) is 4.74 Å². The molecule has 1 aromatic carbocycles. The fourth-order valence-corrected chi connectivity index (χ4v) is 1.71. The van der Waals surface area contributed by atoms with Crippen LogP contribution in [0, 0.1) is 6.92 Å². The number of hydrogen-bond donors (Lipinski definition) is 1. The summed E-state index contributed by atoms with van der Waals surface area (Å²) in [5.74, 6) is 0.639. The number of nitrogens with one attached hydrogen (secondary N) is 1. The summed E-state index contributed by atoms with van der Waals surface area (Å²) >= 11 is 0. The van der Waals surface area contributed by atoms with Crippen LogP contribution in [-0.2, 0) is 17.8 Å². The van der Waals surface area contributed by atoms with Crippen molar-refractivity contribution >= 4 is 0 Å². The van der Waals surface area contributed by atoms with E-state index in [2.05, 4.69) is 9.97 Å². The Hall–Kier alpha value is -1.94. The molecule has 0 spiro atoms. The van der Waals surface area contributed by atoms with Crippen molar-refractivity contribution in [3.05, 3.63) is 63.8 Å². The molecule has 0 amide bonds. The zero-order valence-electron chi connectivity index (χ0n) is 10.3. The van der Waals surface area contributed by atoms with Crippen molar-refractivity contribution in [2.45, 2.75) is 20.0 Å².